The van der Waals surface area contributed by atoms with Gasteiger partial charge in [0.15, 0.2) is 11.6 Å². The van der Waals surface area contributed by atoms with Gasteiger partial charge in [-0.15, -0.1) is 5.10 Å². The molecule has 0 spiro atoms. The van der Waals surface area contributed by atoms with Crippen molar-refractivity contribution in [3.63, 3.8) is 0 Å². The van der Waals surface area contributed by atoms with Crippen molar-refractivity contribution >= 4 is 28.8 Å². The lowest BCUT2D eigenvalue weighted by Crippen LogP contribution is -2.53. The van der Waals surface area contributed by atoms with E-state index in [0.29, 0.717) is 29.1 Å². The Balaban J connectivity index is 1.66. The Bertz CT molecular complexity index is 1200. The largest absolute Gasteiger partial charge is 0.371 e. The van der Waals surface area contributed by atoms with Gasteiger partial charge in [-0.3, -0.25) is 0 Å². The lowest BCUT2D eigenvalue weighted by atomic mass is 10.0. The highest BCUT2D eigenvalue weighted by Gasteiger charge is 2.44. The molecule has 4 heterocycles. The fourth-order valence-electron chi connectivity index (χ4n) is 4.03. The van der Waals surface area contributed by atoms with Crippen LogP contribution < -0.4 is 16.0 Å². The lowest BCUT2D eigenvalue weighted by Gasteiger charge is -2.36. The van der Waals surface area contributed by atoms with E-state index in [1.54, 1.807) is 43.4 Å². The molecule has 1 aliphatic heterocycles. The smallest absolute Gasteiger partial charge is 0.280 e. The number of likely N-dealkylation sites (tertiary alicyclic amines) is 1. The SMILES string of the molecule is CNc1nc(N[C@@H]2CCN(C)CC2(F)F)nn2ccc(-c3ccc(N=N)c(NCCC(F)F)n3)c12. The van der Waals surface area contributed by atoms with Crippen LogP contribution in [-0.4, -0.2) is 76.6 Å². The number of nitrogens with zero attached hydrogens (tertiary/aromatic N) is 6. The van der Waals surface area contributed by atoms with Gasteiger partial charge in [0.1, 0.15) is 11.2 Å². The summed E-state index contributed by atoms with van der Waals surface area (Å²) in [5.74, 6) is -2.28. The van der Waals surface area contributed by atoms with Gasteiger partial charge in [0.2, 0.25) is 12.4 Å². The highest BCUT2D eigenvalue weighted by atomic mass is 19.3. The first-order valence-electron chi connectivity index (χ1n) is 11.0. The molecule has 188 valence electrons. The van der Waals surface area contributed by atoms with Crippen LogP contribution in [-0.2, 0) is 0 Å². The zero-order valence-electron chi connectivity index (χ0n) is 19.2. The quantitative estimate of drug-likeness (QED) is 0.259. The molecule has 3 aromatic rings. The molecular formula is C21H26F4N10. The summed E-state index contributed by atoms with van der Waals surface area (Å²) in [4.78, 5) is 10.5. The summed E-state index contributed by atoms with van der Waals surface area (Å²) in [5, 5.41) is 16.3. The number of hydrogen-bond acceptors (Lipinski definition) is 9. The van der Waals surface area contributed by atoms with Crippen molar-refractivity contribution in [2.24, 2.45) is 5.11 Å². The van der Waals surface area contributed by atoms with Crippen molar-refractivity contribution in [2.75, 3.05) is 49.7 Å². The molecule has 0 aromatic carbocycles. The van der Waals surface area contributed by atoms with Crippen molar-refractivity contribution < 1.29 is 17.6 Å². The Labute approximate surface area is 198 Å². The number of rotatable bonds is 9. The number of hydrogen-bond donors (Lipinski definition) is 4. The van der Waals surface area contributed by atoms with Crippen LogP contribution in [0.5, 0.6) is 0 Å². The second-order valence-electron chi connectivity index (χ2n) is 8.32. The lowest BCUT2D eigenvalue weighted by molar-refractivity contribution is -0.0675. The maximum Gasteiger partial charge on any atom is 0.280 e. The Hall–Kier alpha value is -3.55. The van der Waals surface area contributed by atoms with Gasteiger partial charge in [-0.1, -0.05) is 0 Å². The van der Waals surface area contributed by atoms with Crippen LogP contribution in [0.1, 0.15) is 12.8 Å². The van der Waals surface area contributed by atoms with E-state index < -0.39 is 18.4 Å². The Morgan fingerprint density at radius 3 is 2.71 bits per heavy atom. The summed E-state index contributed by atoms with van der Waals surface area (Å²) >= 11 is 0. The maximum atomic E-state index is 14.5. The summed E-state index contributed by atoms with van der Waals surface area (Å²) in [6.07, 6.45) is -0.942. The Kier molecular flexibility index (Phi) is 7.00. The van der Waals surface area contributed by atoms with Gasteiger partial charge in [0.25, 0.3) is 5.92 Å². The summed E-state index contributed by atoms with van der Waals surface area (Å²) in [6, 6.07) is 3.84. The third-order valence-electron chi connectivity index (χ3n) is 5.77. The number of anilines is 3. The molecule has 0 amide bonds. The molecule has 0 bridgehead atoms. The molecule has 0 radical (unpaired) electrons. The zero-order valence-corrected chi connectivity index (χ0v) is 19.2. The number of piperidine rings is 1. The standard InChI is InChI=1S/C21H26F4N10/c1-27-19-17-12(13-3-4-14(32-26)18(29-13)28-8-5-16(22)23)6-10-35(17)33-20(31-19)30-15-7-9-34(2)11-21(15,24)25/h3-4,6,10,15-16,26H,5,7-9,11H2,1-2H3,(H,28,29)(H2,27,30,31,33)/t15-/m1/s1. The molecule has 3 aromatic heterocycles. The van der Waals surface area contributed by atoms with Gasteiger partial charge in [-0.2, -0.15) is 10.1 Å². The van der Waals surface area contributed by atoms with E-state index in [-0.39, 0.29) is 43.4 Å². The van der Waals surface area contributed by atoms with Crippen LogP contribution in [0.4, 0.5) is 40.8 Å². The number of pyridine rings is 1. The van der Waals surface area contributed by atoms with E-state index in [0.717, 1.165) is 0 Å². The average molecular weight is 495 g/mol. The Morgan fingerprint density at radius 2 is 2.03 bits per heavy atom. The second kappa shape index (κ2) is 9.98. The molecule has 10 nitrogen and oxygen atoms in total. The summed E-state index contributed by atoms with van der Waals surface area (Å²) in [6.45, 7) is 0.149. The first kappa shape index (κ1) is 24.6. The second-order valence-corrected chi connectivity index (χ2v) is 8.32. The first-order valence-corrected chi connectivity index (χ1v) is 11.0. The zero-order chi connectivity index (χ0) is 25.2. The molecule has 4 rings (SSSR count). The summed E-state index contributed by atoms with van der Waals surface area (Å²) in [7, 11) is 3.31. The highest BCUT2D eigenvalue weighted by molar-refractivity contribution is 5.88. The molecule has 1 saturated heterocycles. The number of halogens is 4. The third-order valence-corrected chi connectivity index (χ3v) is 5.77. The molecule has 1 aliphatic rings. The predicted molar refractivity (Wildman–Crippen MR) is 124 cm³/mol. The van der Waals surface area contributed by atoms with E-state index in [2.05, 4.69) is 36.1 Å². The van der Waals surface area contributed by atoms with Crippen molar-refractivity contribution in [3.05, 3.63) is 24.4 Å². The van der Waals surface area contributed by atoms with Crippen molar-refractivity contribution in [1.29, 1.82) is 5.53 Å². The molecule has 0 aliphatic carbocycles. The highest BCUT2D eigenvalue weighted by Crippen LogP contribution is 2.34. The van der Waals surface area contributed by atoms with Crippen LogP contribution in [0.25, 0.3) is 16.8 Å². The molecule has 1 fully saturated rings. The number of nitrogens with one attached hydrogen (secondary N) is 4. The Morgan fingerprint density at radius 1 is 1.23 bits per heavy atom. The van der Waals surface area contributed by atoms with E-state index in [9.17, 15) is 17.6 Å². The van der Waals surface area contributed by atoms with E-state index in [4.69, 9.17) is 5.53 Å². The summed E-state index contributed by atoms with van der Waals surface area (Å²) in [5.41, 5.74) is 9.17. The molecule has 0 unspecified atom stereocenters. The van der Waals surface area contributed by atoms with Crippen LogP contribution >= 0.6 is 0 Å². The van der Waals surface area contributed by atoms with Crippen LogP contribution in [0, 0.1) is 5.53 Å². The fraction of sp³-hybridized carbons (Fsp3) is 0.476. The molecular weight excluding hydrogens is 468 g/mol. The number of alkyl halides is 4. The topological polar surface area (TPSA) is 119 Å². The van der Waals surface area contributed by atoms with Crippen LogP contribution in [0.3, 0.4) is 0 Å². The predicted octanol–water partition coefficient (Wildman–Crippen LogP) is 4.31. The van der Waals surface area contributed by atoms with Gasteiger partial charge in [-0.05, 0) is 31.7 Å². The van der Waals surface area contributed by atoms with Crippen molar-refractivity contribution in [2.45, 2.75) is 31.2 Å². The number of aromatic nitrogens is 4. The maximum absolute atomic E-state index is 14.5. The minimum atomic E-state index is -2.94. The van der Waals surface area contributed by atoms with E-state index in [1.807, 2.05) is 0 Å². The van der Waals surface area contributed by atoms with Gasteiger partial charge < -0.3 is 20.9 Å². The molecule has 0 saturated carbocycles. The fourth-order valence-corrected chi connectivity index (χ4v) is 4.03. The molecule has 4 N–H and O–H groups in total. The molecule has 35 heavy (non-hydrogen) atoms. The van der Waals surface area contributed by atoms with Gasteiger partial charge in [0.05, 0.1) is 18.3 Å². The molecule has 1 atom stereocenters. The monoisotopic (exact) mass is 494 g/mol. The normalized spacial score (nSPS) is 18.1. The third kappa shape index (κ3) is 5.26. The van der Waals surface area contributed by atoms with Crippen LogP contribution in [0.2, 0.25) is 0 Å². The summed E-state index contributed by atoms with van der Waals surface area (Å²) < 4.78 is 55.6. The molecule has 14 heteroatoms. The van der Waals surface area contributed by atoms with E-state index in [1.165, 1.54) is 4.52 Å². The van der Waals surface area contributed by atoms with Crippen molar-refractivity contribution in [1.82, 2.24) is 24.5 Å². The van der Waals surface area contributed by atoms with E-state index >= 15 is 0 Å². The number of fused-ring (bicyclic) bond motifs is 1. The van der Waals surface area contributed by atoms with Gasteiger partial charge in [0, 0.05) is 38.3 Å². The van der Waals surface area contributed by atoms with Gasteiger partial charge in [-0.25, -0.2) is 32.6 Å². The first-order chi connectivity index (χ1) is 16.7. The van der Waals surface area contributed by atoms with Gasteiger partial charge >= 0.3 is 0 Å². The van der Waals surface area contributed by atoms with Crippen LogP contribution in [0.15, 0.2) is 29.5 Å². The minimum Gasteiger partial charge on any atom is -0.371 e. The minimum absolute atomic E-state index is 0.0331. The average Bonchev–Trinajstić information content (AvgIpc) is 3.24. The van der Waals surface area contributed by atoms with Crippen molar-refractivity contribution in [3.8, 4) is 11.3 Å².